The van der Waals surface area contributed by atoms with E-state index in [9.17, 15) is 4.79 Å². The molecule has 0 aliphatic carbocycles. The second-order valence-corrected chi connectivity index (χ2v) is 5.69. The molecule has 4 nitrogen and oxygen atoms in total. The number of imidazole rings is 1. The highest BCUT2D eigenvalue weighted by Gasteiger charge is 2.10. The first kappa shape index (κ1) is 14.9. The van der Waals surface area contributed by atoms with Crippen LogP contribution in [0.15, 0.2) is 36.4 Å². The first-order valence-corrected chi connectivity index (χ1v) is 7.57. The quantitative estimate of drug-likeness (QED) is 0.717. The van der Waals surface area contributed by atoms with Crippen molar-refractivity contribution in [3.63, 3.8) is 0 Å². The number of aromatic amines is 1. The van der Waals surface area contributed by atoms with Gasteiger partial charge in [0.25, 0.3) is 0 Å². The van der Waals surface area contributed by atoms with Crippen LogP contribution in [0.3, 0.4) is 0 Å². The van der Waals surface area contributed by atoms with Crippen LogP contribution in [0.25, 0.3) is 22.4 Å². The number of aromatic nitrogens is 2. The molecule has 0 bridgehead atoms. The minimum Gasteiger partial charge on any atom is -0.338 e. The molecule has 1 aromatic heterocycles. The highest BCUT2D eigenvalue weighted by molar-refractivity contribution is 6.36. The summed E-state index contributed by atoms with van der Waals surface area (Å²) in [5, 5.41) is 3.93. The van der Waals surface area contributed by atoms with Crippen LogP contribution >= 0.6 is 23.2 Å². The number of rotatable bonds is 3. The number of hydrogen-bond donors (Lipinski definition) is 2. The van der Waals surface area contributed by atoms with Crippen molar-refractivity contribution in [3.8, 4) is 11.4 Å². The topological polar surface area (TPSA) is 57.8 Å². The van der Waals surface area contributed by atoms with Crippen LogP contribution in [-0.4, -0.2) is 15.9 Å². The average Bonchev–Trinajstić information content (AvgIpc) is 2.89. The predicted molar refractivity (Wildman–Crippen MR) is 90.5 cm³/mol. The third kappa shape index (κ3) is 2.93. The second-order valence-electron chi connectivity index (χ2n) is 4.84. The van der Waals surface area contributed by atoms with E-state index in [0.29, 0.717) is 22.3 Å². The summed E-state index contributed by atoms with van der Waals surface area (Å²) in [6, 6.07) is 10.8. The van der Waals surface area contributed by atoms with Gasteiger partial charge < -0.3 is 10.3 Å². The van der Waals surface area contributed by atoms with Gasteiger partial charge in [0.15, 0.2) is 0 Å². The maximum absolute atomic E-state index is 11.5. The molecule has 0 aliphatic heterocycles. The fourth-order valence-electron chi connectivity index (χ4n) is 2.15. The maximum Gasteiger partial charge on any atom is 0.224 e. The molecule has 6 heteroatoms. The van der Waals surface area contributed by atoms with Gasteiger partial charge in [-0.25, -0.2) is 4.98 Å². The van der Waals surface area contributed by atoms with E-state index in [0.717, 1.165) is 22.3 Å². The lowest BCUT2D eigenvalue weighted by molar-refractivity contribution is -0.115. The Kier molecular flexibility index (Phi) is 4.05. The number of nitrogens with one attached hydrogen (secondary N) is 2. The zero-order valence-electron chi connectivity index (χ0n) is 11.8. The fraction of sp³-hybridized carbons (Fsp3) is 0.125. The number of amides is 1. The summed E-state index contributed by atoms with van der Waals surface area (Å²) < 4.78 is 0. The summed E-state index contributed by atoms with van der Waals surface area (Å²) in [5.74, 6) is 0.635. The van der Waals surface area contributed by atoms with Crippen LogP contribution in [-0.2, 0) is 4.79 Å². The van der Waals surface area contributed by atoms with E-state index in [1.165, 1.54) is 0 Å². The lowest BCUT2D eigenvalue weighted by atomic mass is 10.2. The van der Waals surface area contributed by atoms with Crippen molar-refractivity contribution in [2.75, 3.05) is 5.32 Å². The minimum absolute atomic E-state index is 0.0279. The summed E-state index contributed by atoms with van der Waals surface area (Å²) in [6.45, 7) is 1.81. The molecule has 3 aromatic rings. The summed E-state index contributed by atoms with van der Waals surface area (Å²) in [4.78, 5) is 19.2. The van der Waals surface area contributed by atoms with E-state index >= 15 is 0 Å². The van der Waals surface area contributed by atoms with Gasteiger partial charge in [0.2, 0.25) is 5.91 Å². The molecule has 0 saturated heterocycles. The molecule has 0 saturated carbocycles. The Morgan fingerprint density at radius 1 is 1.23 bits per heavy atom. The van der Waals surface area contributed by atoms with Gasteiger partial charge in [-0.2, -0.15) is 0 Å². The van der Waals surface area contributed by atoms with Crippen LogP contribution in [0.5, 0.6) is 0 Å². The molecule has 22 heavy (non-hydrogen) atoms. The van der Waals surface area contributed by atoms with E-state index < -0.39 is 0 Å². The predicted octanol–water partition coefficient (Wildman–Crippen LogP) is 4.89. The molecule has 0 spiro atoms. The molecule has 1 amide bonds. The molecule has 3 rings (SSSR count). The third-order valence-corrected chi connectivity index (χ3v) is 3.82. The SMILES string of the molecule is CCC(=O)Nc1ccc2nc(-c3ccc(Cl)cc3Cl)[nH]c2c1. The van der Waals surface area contributed by atoms with Crippen LogP contribution in [0.2, 0.25) is 10.0 Å². The molecule has 0 unspecified atom stereocenters. The molecule has 0 aliphatic rings. The van der Waals surface area contributed by atoms with Gasteiger partial charge in [-0.1, -0.05) is 30.1 Å². The van der Waals surface area contributed by atoms with Crippen molar-refractivity contribution >= 4 is 45.8 Å². The Balaban J connectivity index is 2.00. The Morgan fingerprint density at radius 2 is 2.05 bits per heavy atom. The Labute approximate surface area is 137 Å². The summed E-state index contributed by atoms with van der Waals surface area (Å²) >= 11 is 12.1. The Bertz CT molecular complexity index is 858. The van der Waals surface area contributed by atoms with Crippen LogP contribution in [0.4, 0.5) is 5.69 Å². The standard InChI is InChI=1S/C16H13Cl2N3O/c1-2-15(22)19-10-4-6-13-14(8-10)21-16(20-13)11-5-3-9(17)7-12(11)18/h3-8H,2H2,1H3,(H,19,22)(H,20,21). The largest absolute Gasteiger partial charge is 0.338 e. The van der Waals surface area contributed by atoms with Crippen molar-refractivity contribution in [1.82, 2.24) is 9.97 Å². The van der Waals surface area contributed by atoms with Gasteiger partial charge in [-0.3, -0.25) is 4.79 Å². The maximum atomic E-state index is 11.5. The van der Waals surface area contributed by atoms with E-state index in [4.69, 9.17) is 23.2 Å². The highest BCUT2D eigenvalue weighted by atomic mass is 35.5. The molecule has 0 fully saturated rings. The number of carbonyl (C=O) groups is 1. The summed E-state index contributed by atoms with van der Waals surface area (Å²) in [6.07, 6.45) is 0.437. The van der Waals surface area contributed by atoms with E-state index in [1.807, 2.05) is 31.2 Å². The fourth-order valence-corrected chi connectivity index (χ4v) is 2.64. The molecule has 1 heterocycles. The number of carbonyl (C=O) groups excluding carboxylic acids is 1. The van der Waals surface area contributed by atoms with Gasteiger partial charge in [-0.15, -0.1) is 0 Å². The zero-order valence-corrected chi connectivity index (χ0v) is 13.3. The normalized spacial score (nSPS) is 10.9. The van der Waals surface area contributed by atoms with Crippen molar-refractivity contribution in [2.45, 2.75) is 13.3 Å². The third-order valence-electron chi connectivity index (χ3n) is 3.27. The lowest BCUT2D eigenvalue weighted by Crippen LogP contribution is -2.09. The number of halogens is 2. The number of fused-ring (bicyclic) bond motifs is 1. The highest BCUT2D eigenvalue weighted by Crippen LogP contribution is 2.30. The number of nitrogens with zero attached hydrogens (tertiary/aromatic N) is 1. The molecule has 0 radical (unpaired) electrons. The van der Waals surface area contributed by atoms with Gasteiger partial charge in [0.1, 0.15) is 5.82 Å². The second kappa shape index (κ2) is 5.99. The average molecular weight is 334 g/mol. The number of hydrogen-bond acceptors (Lipinski definition) is 2. The molecular formula is C16H13Cl2N3O. The molecule has 0 atom stereocenters. The number of benzene rings is 2. The minimum atomic E-state index is -0.0279. The first-order valence-electron chi connectivity index (χ1n) is 6.82. The smallest absolute Gasteiger partial charge is 0.224 e. The Morgan fingerprint density at radius 3 is 2.77 bits per heavy atom. The lowest BCUT2D eigenvalue weighted by Gasteiger charge is -2.02. The van der Waals surface area contributed by atoms with Crippen molar-refractivity contribution in [3.05, 3.63) is 46.4 Å². The number of anilines is 1. The molecule has 2 aromatic carbocycles. The van der Waals surface area contributed by atoms with Crippen LogP contribution < -0.4 is 5.32 Å². The van der Waals surface area contributed by atoms with E-state index in [-0.39, 0.29) is 5.91 Å². The molecule has 112 valence electrons. The van der Waals surface area contributed by atoms with Gasteiger partial charge >= 0.3 is 0 Å². The Hall–Kier alpha value is -2.04. The van der Waals surface area contributed by atoms with Crippen LogP contribution in [0.1, 0.15) is 13.3 Å². The summed E-state index contributed by atoms with van der Waals surface area (Å²) in [7, 11) is 0. The van der Waals surface area contributed by atoms with E-state index in [1.54, 1.807) is 12.1 Å². The molecular weight excluding hydrogens is 321 g/mol. The van der Waals surface area contributed by atoms with E-state index in [2.05, 4.69) is 15.3 Å². The van der Waals surface area contributed by atoms with Gasteiger partial charge in [0.05, 0.1) is 16.1 Å². The van der Waals surface area contributed by atoms with Crippen LogP contribution in [0, 0.1) is 0 Å². The van der Waals surface area contributed by atoms with Gasteiger partial charge in [0, 0.05) is 22.7 Å². The first-order chi connectivity index (χ1) is 10.6. The summed E-state index contributed by atoms with van der Waals surface area (Å²) in [5.41, 5.74) is 3.14. The molecule has 2 N–H and O–H groups in total. The van der Waals surface area contributed by atoms with Gasteiger partial charge in [-0.05, 0) is 36.4 Å². The zero-order chi connectivity index (χ0) is 15.7. The number of H-pyrrole nitrogens is 1. The monoisotopic (exact) mass is 333 g/mol. The van der Waals surface area contributed by atoms with Crippen molar-refractivity contribution in [2.24, 2.45) is 0 Å². The van der Waals surface area contributed by atoms with Crippen molar-refractivity contribution in [1.29, 1.82) is 0 Å². The van der Waals surface area contributed by atoms with Crippen molar-refractivity contribution < 1.29 is 4.79 Å².